The lowest BCUT2D eigenvalue weighted by molar-refractivity contribution is 0.0737. The second-order valence-electron chi connectivity index (χ2n) is 5.89. The standard InChI is InChI=1S/C16H26N2O2/c1-16(2)13-18(8-9-20-11-10-19-3)15-7-5-4-6-14(15)12-17-16/h4-7,17H,8-13H2,1-3H3. The fourth-order valence-electron chi connectivity index (χ4n) is 2.54. The van der Waals surface area contributed by atoms with Gasteiger partial charge in [0.1, 0.15) is 0 Å². The van der Waals surface area contributed by atoms with Crippen molar-refractivity contribution in [3.63, 3.8) is 0 Å². The molecule has 1 aliphatic rings. The number of ether oxygens (including phenoxy) is 2. The first kappa shape index (κ1) is 15.3. The van der Waals surface area contributed by atoms with Crippen LogP contribution in [0.1, 0.15) is 19.4 Å². The summed E-state index contributed by atoms with van der Waals surface area (Å²) in [6, 6.07) is 8.61. The Hall–Kier alpha value is -1.10. The molecule has 0 bridgehead atoms. The van der Waals surface area contributed by atoms with Crippen molar-refractivity contribution in [1.82, 2.24) is 5.32 Å². The fourth-order valence-corrected chi connectivity index (χ4v) is 2.54. The van der Waals surface area contributed by atoms with Gasteiger partial charge in [0.2, 0.25) is 0 Å². The smallest absolute Gasteiger partial charge is 0.0701 e. The van der Waals surface area contributed by atoms with E-state index >= 15 is 0 Å². The molecule has 0 saturated carbocycles. The number of hydrogen-bond donors (Lipinski definition) is 1. The van der Waals surface area contributed by atoms with Crippen LogP contribution in [0.3, 0.4) is 0 Å². The average molecular weight is 278 g/mol. The number of nitrogens with zero attached hydrogens (tertiary/aromatic N) is 1. The molecule has 0 aromatic heterocycles. The highest BCUT2D eigenvalue weighted by molar-refractivity contribution is 5.55. The fraction of sp³-hybridized carbons (Fsp3) is 0.625. The molecule has 1 aromatic rings. The molecule has 0 unspecified atom stereocenters. The van der Waals surface area contributed by atoms with Crippen molar-refractivity contribution in [3.8, 4) is 0 Å². The normalized spacial score (nSPS) is 17.6. The Morgan fingerprint density at radius 2 is 2.00 bits per heavy atom. The van der Waals surface area contributed by atoms with Crippen molar-refractivity contribution >= 4 is 5.69 Å². The van der Waals surface area contributed by atoms with Crippen LogP contribution >= 0.6 is 0 Å². The molecule has 1 aliphatic heterocycles. The number of anilines is 1. The second-order valence-corrected chi connectivity index (χ2v) is 5.89. The number of methoxy groups -OCH3 is 1. The minimum absolute atomic E-state index is 0.103. The predicted octanol–water partition coefficient (Wildman–Crippen LogP) is 2.04. The van der Waals surface area contributed by atoms with Crippen LogP contribution in [0.5, 0.6) is 0 Å². The summed E-state index contributed by atoms with van der Waals surface area (Å²) in [5.41, 5.74) is 2.78. The van der Waals surface area contributed by atoms with Crippen LogP contribution in [0, 0.1) is 0 Å². The zero-order valence-electron chi connectivity index (χ0n) is 12.8. The summed E-state index contributed by atoms with van der Waals surface area (Å²) in [6.45, 7) is 9.36. The monoisotopic (exact) mass is 278 g/mol. The largest absolute Gasteiger partial charge is 0.382 e. The molecular formula is C16H26N2O2. The van der Waals surface area contributed by atoms with Crippen LogP contribution in [0.2, 0.25) is 0 Å². The van der Waals surface area contributed by atoms with Crippen LogP contribution in [-0.2, 0) is 16.0 Å². The SMILES string of the molecule is COCCOCCN1CC(C)(C)NCc2ccccc21. The van der Waals surface area contributed by atoms with E-state index in [-0.39, 0.29) is 5.54 Å². The first-order chi connectivity index (χ1) is 9.62. The molecule has 0 amide bonds. The van der Waals surface area contributed by atoms with E-state index in [0.29, 0.717) is 13.2 Å². The van der Waals surface area contributed by atoms with Crippen LogP contribution in [0.25, 0.3) is 0 Å². The molecule has 112 valence electrons. The molecule has 0 spiro atoms. The van der Waals surface area contributed by atoms with Crippen molar-refractivity contribution in [3.05, 3.63) is 29.8 Å². The van der Waals surface area contributed by atoms with Gasteiger partial charge in [0.25, 0.3) is 0 Å². The molecular weight excluding hydrogens is 252 g/mol. The molecule has 20 heavy (non-hydrogen) atoms. The highest BCUT2D eigenvalue weighted by atomic mass is 16.5. The third-order valence-electron chi connectivity index (χ3n) is 3.61. The van der Waals surface area contributed by atoms with Gasteiger partial charge in [-0.25, -0.2) is 0 Å². The van der Waals surface area contributed by atoms with E-state index in [0.717, 1.165) is 26.2 Å². The molecule has 0 aliphatic carbocycles. The maximum absolute atomic E-state index is 5.61. The first-order valence-corrected chi connectivity index (χ1v) is 7.27. The summed E-state index contributed by atoms with van der Waals surface area (Å²) in [6.07, 6.45) is 0. The molecule has 0 radical (unpaired) electrons. The van der Waals surface area contributed by atoms with E-state index in [9.17, 15) is 0 Å². The number of para-hydroxylation sites is 1. The van der Waals surface area contributed by atoms with E-state index in [2.05, 4.69) is 48.3 Å². The van der Waals surface area contributed by atoms with Gasteiger partial charge in [-0.05, 0) is 25.5 Å². The lowest BCUT2D eigenvalue weighted by Crippen LogP contribution is -2.47. The van der Waals surface area contributed by atoms with Gasteiger partial charge in [0.15, 0.2) is 0 Å². The van der Waals surface area contributed by atoms with Crippen LogP contribution < -0.4 is 10.2 Å². The quantitative estimate of drug-likeness (QED) is 0.807. The second kappa shape index (κ2) is 7.07. The van der Waals surface area contributed by atoms with E-state index in [4.69, 9.17) is 9.47 Å². The van der Waals surface area contributed by atoms with Crippen molar-refractivity contribution in [2.24, 2.45) is 0 Å². The third-order valence-corrected chi connectivity index (χ3v) is 3.61. The van der Waals surface area contributed by atoms with Crippen molar-refractivity contribution in [1.29, 1.82) is 0 Å². The lowest BCUT2D eigenvalue weighted by Gasteiger charge is -2.32. The minimum Gasteiger partial charge on any atom is -0.382 e. The predicted molar refractivity (Wildman–Crippen MR) is 82.3 cm³/mol. The van der Waals surface area contributed by atoms with E-state index in [1.54, 1.807) is 7.11 Å². The van der Waals surface area contributed by atoms with E-state index in [1.165, 1.54) is 11.3 Å². The van der Waals surface area contributed by atoms with Gasteiger partial charge < -0.3 is 19.7 Å². The zero-order chi connectivity index (χ0) is 14.4. The lowest BCUT2D eigenvalue weighted by atomic mass is 10.1. The topological polar surface area (TPSA) is 33.7 Å². The molecule has 1 N–H and O–H groups in total. The summed E-state index contributed by atoms with van der Waals surface area (Å²) in [5.74, 6) is 0. The van der Waals surface area contributed by atoms with Gasteiger partial charge >= 0.3 is 0 Å². The number of rotatable bonds is 6. The zero-order valence-corrected chi connectivity index (χ0v) is 12.8. The Morgan fingerprint density at radius 1 is 1.20 bits per heavy atom. The number of nitrogens with one attached hydrogen (secondary N) is 1. The average Bonchev–Trinajstić information content (AvgIpc) is 2.56. The molecule has 0 saturated heterocycles. The van der Waals surface area contributed by atoms with Gasteiger partial charge in [-0.1, -0.05) is 18.2 Å². The Kier molecular flexibility index (Phi) is 5.40. The number of fused-ring (bicyclic) bond motifs is 1. The summed E-state index contributed by atoms with van der Waals surface area (Å²) in [4.78, 5) is 2.42. The molecule has 2 rings (SSSR count). The van der Waals surface area contributed by atoms with Crippen molar-refractivity contribution < 1.29 is 9.47 Å². The van der Waals surface area contributed by atoms with Gasteiger partial charge in [0.05, 0.1) is 19.8 Å². The first-order valence-electron chi connectivity index (χ1n) is 7.27. The van der Waals surface area contributed by atoms with Gasteiger partial charge in [-0.3, -0.25) is 0 Å². The Labute approximate surface area is 122 Å². The van der Waals surface area contributed by atoms with Gasteiger partial charge in [0, 0.05) is 38.0 Å². The molecule has 4 nitrogen and oxygen atoms in total. The maximum atomic E-state index is 5.61. The summed E-state index contributed by atoms with van der Waals surface area (Å²) < 4.78 is 10.6. The molecule has 1 aromatic carbocycles. The van der Waals surface area contributed by atoms with Crippen LogP contribution in [0.15, 0.2) is 24.3 Å². The van der Waals surface area contributed by atoms with E-state index in [1.807, 2.05) is 0 Å². The summed E-state index contributed by atoms with van der Waals surface area (Å²) in [5, 5.41) is 3.62. The Bertz CT molecular complexity index is 421. The minimum atomic E-state index is 0.103. The highest BCUT2D eigenvalue weighted by Crippen LogP contribution is 2.25. The number of hydrogen-bond acceptors (Lipinski definition) is 4. The number of benzene rings is 1. The van der Waals surface area contributed by atoms with Crippen LogP contribution in [0.4, 0.5) is 5.69 Å². The Balaban J connectivity index is 2.00. The molecule has 4 heteroatoms. The van der Waals surface area contributed by atoms with Gasteiger partial charge in [-0.2, -0.15) is 0 Å². The highest BCUT2D eigenvalue weighted by Gasteiger charge is 2.26. The Morgan fingerprint density at radius 3 is 2.80 bits per heavy atom. The molecule has 0 fully saturated rings. The molecule has 1 heterocycles. The third kappa shape index (κ3) is 4.20. The van der Waals surface area contributed by atoms with Gasteiger partial charge in [-0.15, -0.1) is 0 Å². The van der Waals surface area contributed by atoms with E-state index < -0.39 is 0 Å². The molecule has 0 atom stereocenters. The summed E-state index contributed by atoms with van der Waals surface area (Å²) >= 11 is 0. The van der Waals surface area contributed by atoms with Crippen molar-refractivity contribution in [2.75, 3.05) is 44.9 Å². The maximum Gasteiger partial charge on any atom is 0.0701 e. The van der Waals surface area contributed by atoms with Crippen molar-refractivity contribution in [2.45, 2.75) is 25.9 Å². The summed E-state index contributed by atoms with van der Waals surface area (Å²) in [7, 11) is 1.70. The van der Waals surface area contributed by atoms with Crippen LogP contribution in [-0.4, -0.2) is 45.6 Å².